The smallest absolute Gasteiger partial charge is 0.266 e. The van der Waals surface area contributed by atoms with E-state index in [1.54, 1.807) is 143 Å². The monoisotopic (exact) mass is 1680 g/mol. The molecule has 13 rings (SSSR count). The van der Waals surface area contributed by atoms with Crippen molar-refractivity contribution in [3.05, 3.63) is 222 Å². The number of nitrogens with one attached hydrogen (secondary N) is 1. The van der Waals surface area contributed by atoms with Crippen LogP contribution in [0.5, 0.6) is 57.5 Å². The van der Waals surface area contributed by atoms with Crippen molar-refractivity contribution in [2.75, 3.05) is 48.6 Å². The van der Waals surface area contributed by atoms with Gasteiger partial charge >= 0.3 is 0 Å². The Bertz CT molecular complexity index is 5090. The van der Waals surface area contributed by atoms with Crippen molar-refractivity contribution in [1.29, 1.82) is 0 Å². The lowest BCUT2D eigenvalue weighted by molar-refractivity contribution is -0.123. The fourth-order valence-electron chi connectivity index (χ4n) is 10.3. The van der Waals surface area contributed by atoms with E-state index < -0.39 is 0 Å². The Morgan fingerprint density at radius 1 is 0.450 bits per heavy atom. The molecule has 6 N–H and O–H groups in total. The highest BCUT2D eigenvalue weighted by Gasteiger charge is 2.37. The molecule has 2 aromatic heterocycles. The quantitative estimate of drug-likeness (QED) is 0.0235. The number of hydrogen-bond donors (Lipinski definition) is 6. The van der Waals surface area contributed by atoms with Crippen LogP contribution < -0.4 is 23.7 Å². The number of amides is 5. The van der Waals surface area contributed by atoms with Crippen LogP contribution in [-0.2, 0) is 43.6 Å². The first-order valence-electron chi connectivity index (χ1n) is 32.8. The topological polar surface area (TPSA) is 316 Å². The fourth-order valence-corrected chi connectivity index (χ4v) is 16.6. The number of carbonyl (C=O) groups is 5. The number of para-hydroxylation sites is 5. The molecule has 7 heterocycles. The van der Waals surface area contributed by atoms with Crippen LogP contribution in [0, 0.1) is 6.92 Å². The highest BCUT2D eigenvalue weighted by molar-refractivity contribution is 8.28. The molecule has 0 radical (unpaired) electrons. The number of methoxy groups -OCH3 is 5. The van der Waals surface area contributed by atoms with Crippen LogP contribution in [0.4, 0.5) is 0 Å². The summed E-state index contributed by atoms with van der Waals surface area (Å²) in [7, 11) is 7.38. The molecular weight excluding hydrogens is 1620 g/mol. The summed E-state index contributed by atoms with van der Waals surface area (Å²) in [5.41, 5.74) is 4.32. The van der Waals surface area contributed by atoms with Gasteiger partial charge in [-0.1, -0.05) is 229 Å². The molecule has 5 aliphatic heterocycles. The Kier molecular flexibility index (Phi) is 30.5. The van der Waals surface area contributed by atoms with Gasteiger partial charge in [0.1, 0.15) is 33.8 Å². The molecule has 0 spiro atoms. The van der Waals surface area contributed by atoms with Gasteiger partial charge in [-0.2, -0.15) is 5.10 Å². The first kappa shape index (κ1) is 84.7. The van der Waals surface area contributed by atoms with Gasteiger partial charge in [-0.25, -0.2) is 4.98 Å². The third-order valence-electron chi connectivity index (χ3n) is 15.8. The van der Waals surface area contributed by atoms with Gasteiger partial charge in [0.2, 0.25) is 0 Å². The van der Waals surface area contributed by atoms with E-state index in [1.807, 2.05) is 44.2 Å². The van der Waals surface area contributed by atoms with Crippen molar-refractivity contribution in [2.45, 2.75) is 39.9 Å². The summed E-state index contributed by atoms with van der Waals surface area (Å²) in [4.78, 5) is 75.9. The summed E-state index contributed by atoms with van der Waals surface area (Å²) in [6.07, 6.45) is 11.9. The van der Waals surface area contributed by atoms with Gasteiger partial charge in [0.25, 0.3) is 29.5 Å². The summed E-state index contributed by atoms with van der Waals surface area (Å²) in [5.74, 6) is 1.99. The van der Waals surface area contributed by atoms with Crippen molar-refractivity contribution < 1.29 is 77.7 Å². The molecule has 8 aromatic rings. The third-order valence-corrected chi connectivity index (χ3v) is 22.6. The highest BCUT2D eigenvalue weighted by atomic mass is 32.2. The number of phenols is 5. The molecule has 6 aromatic carbocycles. The number of aromatic amines is 1. The predicted octanol–water partition coefficient (Wildman–Crippen LogP) is 14.6. The maximum absolute atomic E-state index is 12.6. The molecule has 0 atom stereocenters. The van der Waals surface area contributed by atoms with E-state index in [1.165, 1.54) is 115 Å². The zero-order valence-electron chi connectivity index (χ0n) is 60.0. The minimum atomic E-state index is -0.237. The number of H-pyrrole nitrogens is 1. The summed E-state index contributed by atoms with van der Waals surface area (Å²) in [6, 6.07) is 37.0. The van der Waals surface area contributed by atoms with E-state index in [0.29, 0.717) is 134 Å². The van der Waals surface area contributed by atoms with Gasteiger partial charge < -0.3 is 53.7 Å². The normalized spacial score (nSPS) is 16.5. The third kappa shape index (κ3) is 21.2. The minimum absolute atomic E-state index is 0.00369. The number of thioether (sulfide) groups is 5. The van der Waals surface area contributed by atoms with E-state index in [2.05, 4.69) is 26.9 Å². The van der Waals surface area contributed by atoms with Crippen LogP contribution in [0.25, 0.3) is 30.4 Å². The Labute approximate surface area is 686 Å². The maximum Gasteiger partial charge on any atom is 0.266 e. The number of thiocarbonyl (C=S) groups is 5. The summed E-state index contributed by atoms with van der Waals surface area (Å²) in [5, 5.41) is 60.7. The molecule has 574 valence electrons. The van der Waals surface area contributed by atoms with Gasteiger partial charge in [-0.05, 0) is 79.6 Å². The standard InChI is InChI=1S/C18H15NO3S2.C16H14N2O4S2.C14H12N4O3S2.C14H15NO3S2.C14H13NO3S2/c1-22-14-9-5-8-13(16(14)20)10-15-17(21)19(18(23)24-15)11-12-6-3-2-4-7-12;1-9-6-11(22-17-9)8-18-15(20)13(24-16(18)23)7-10-4-3-5-12(21-2)14(10)19;1-21-9-4-2-3-8(12(9)19)5-10-13(20)18(14(22)23-10)6-11-15-7-16-17-11;2*1-3-7-15-13(17)11(20-14(15)19)8-9-5-4-6-10(18-2)12(9)16/h2-10,20H,11H2,1H3;3-7,19H,8H2,1-2H3;2-5,7,19H,6H2,1H3,(H,15,16,17);4-6,8,16H,3,7H2,1-2H3;3-6,8,16H,1,7H2,2H3/b15-10-;13-7-;10-5-;2*11-8-. The van der Waals surface area contributed by atoms with Gasteiger partial charge in [0.15, 0.2) is 63.3 Å². The average molecular weight is 1690 g/mol. The first-order chi connectivity index (χ1) is 53.3. The fraction of sp³-hybridized carbons (Fsp3) is 0.171. The zero-order chi connectivity index (χ0) is 80.2. The van der Waals surface area contributed by atoms with Crippen molar-refractivity contribution >= 4 is 201 Å². The number of ether oxygens (including phenoxy) is 5. The lowest BCUT2D eigenvalue weighted by atomic mass is 10.1. The number of aryl methyl sites for hydroxylation is 1. The summed E-state index contributed by atoms with van der Waals surface area (Å²) in [6.45, 7) is 9.30. The number of phenolic OH excluding ortho intramolecular Hbond substituents is 5. The Morgan fingerprint density at radius 2 is 0.775 bits per heavy atom. The number of aromatic hydroxyl groups is 5. The van der Waals surface area contributed by atoms with Crippen LogP contribution in [0.2, 0.25) is 0 Å². The Hall–Kier alpha value is -10.3. The lowest BCUT2D eigenvalue weighted by Crippen LogP contribution is -2.28. The van der Waals surface area contributed by atoms with E-state index >= 15 is 0 Å². The largest absolute Gasteiger partial charge is 0.504 e. The molecule has 25 nitrogen and oxygen atoms in total. The Morgan fingerprint density at radius 3 is 1.09 bits per heavy atom. The van der Waals surface area contributed by atoms with Gasteiger partial charge in [0.05, 0.1) is 85.4 Å². The number of benzene rings is 6. The molecule has 0 saturated carbocycles. The van der Waals surface area contributed by atoms with E-state index in [0.717, 1.165) is 17.7 Å². The molecule has 0 bridgehead atoms. The van der Waals surface area contributed by atoms with E-state index in [4.69, 9.17) is 89.3 Å². The van der Waals surface area contributed by atoms with Crippen molar-refractivity contribution in [1.82, 2.24) is 44.8 Å². The molecule has 5 aliphatic rings. The maximum atomic E-state index is 12.6. The van der Waals surface area contributed by atoms with Crippen LogP contribution in [0.1, 0.15) is 64.0 Å². The van der Waals surface area contributed by atoms with Crippen LogP contribution in [0.15, 0.2) is 175 Å². The molecule has 35 heteroatoms. The highest BCUT2D eigenvalue weighted by Crippen LogP contribution is 2.43. The van der Waals surface area contributed by atoms with Crippen molar-refractivity contribution in [3.63, 3.8) is 0 Å². The molecule has 5 saturated heterocycles. The van der Waals surface area contributed by atoms with Gasteiger partial charge in [-0.15, -0.1) is 6.58 Å². The van der Waals surface area contributed by atoms with Crippen LogP contribution in [0.3, 0.4) is 0 Å². The molecular formula is C76H69N9O16S10. The number of nitrogens with zero attached hydrogens (tertiary/aromatic N) is 8. The molecule has 111 heavy (non-hydrogen) atoms. The average Bonchev–Trinajstić information content (AvgIpc) is 1.32. The lowest BCUT2D eigenvalue weighted by Gasteiger charge is -2.14. The van der Waals surface area contributed by atoms with E-state index in [9.17, 15) is 49.5 Å². The van der Waals surface area contributed by atoms with Crippen LogP contribution >= 0.6 is 120 Å². The molecule has 0 aliphatic carbocycles. The van der Waals surface area contributed by atoms with Crippen LogP contribution in [-0.4, -0.2) is 170 Å². The number of carbonyl (C=O) groups excluding carboxylic acids is 5. The minimum Gasteiger partial charge on any atom is -0.504 e. The number of aromatic nitrogens is 4. The predicted molar refractivity (Wildman–Crippen MR) is 454 cm³/mol. The molecule has 5 fully saturated rings. The molecule has 5 amide bonds. The number of rotatable bonds is 20. The zero-order valence-corrected chi connectivity index (χ0v) is 68.2. The second-order valence-electron chi connectivity index (χ2n) is 23.1. The van der Waals surface area contributed by atoms with E-state index in [-0.39, 0.29) is 71.4 Å². The summed E-state index contributed by atoms with van der Waals surface area (Å²) >= 11 is 32.3. The molecule has 0 unspecified atom stereocenters. The number of hydrogen-bond acceptors (Lipinski definition) is 29. The van der Waals surface area contributed by atoms with Gasteiger partial charge in [0, 0.05) is 47.0 Å². The first-order valence-corrected chi connectivity index (χ1v) is 39.0. The van der Waals surface area contributed by atoms with Crippen molar-refractivity contribution in [2.24, 2.45) is 0 Å². The Balaban J connectivity index is 0.000000160. The SMILES string of the molecule is C=CCN1C(=O)/C(=C/c2cccc(OC)c2O)SC1=S.CCCN1C(=O)/C(=C/c2cccc(OC)c2O)SC1=S.COc1cccc(/C=C2\SC(=S)N(Cc3cc(C)no3)C2=O)c1O.COc1cccc(/C=C2\SC(=S)N(Cc3ccccc3)C2=O)c1O.COc1cccc(/C=C2\SC(=S)N(Cc3ncn[nH]3)C2=O)c1O. The van der Waals surface area contributed by atoms with Gasteiger partial charge in [-0.3, -0.25) is 53.6 Å². The summed E-state index contributed by atoms with van der Waals surface area (Å²) < 4.78 is 32.9. The second kappa shape index (κ2) is 40.0. The second-order valence-corrected chi connectivity index (χ2v) is 31.4. The van der Waals surface area contributed by atoms with Crippen molar-refractivity contribution in [3.8, 4) is 57.5 Å².